The molecule has 1 aromatic heterocycles. The number of ether oxygens (including phenoxy) is 1. The molecule has 17 heavy (non-hydrogen) atoms. The highest BCUT2D eigenvalue weighted by Gasteiger charge is 2.08. The van der Waals surface area contributed by atoms with Crippen LogP contribution in [0.4, 0.5) is 0 Å². The van der Waals surface area contributed by atoms with Crippen molar-refractivity contribution in [2.75, 3.05) is 13.7 Å². The molecule has 0 amide bonds. The van der Waals surface area contributed by atoms with E-state index in [2.05, 4.69) is 24.9 Å². The van der Waals surface area contributed by atoms with Crippen molar-refractivity contribution in [2.45, 2.75) is 19.8 Å². The van der Waals surface area contributed by atoms with Gasteiger partial charge in [0.05, 0.1) is 12.6 Å². The molecule has 3 heteroatoms. The number of methoxy groups -OCH3 is 1. The number of pyridine rings is 1. The van der Waals surface area contributed by atoms with E-state index in [1.807, 2.05) is 18.2 Å². The number of nitrogens with zero attached hydrogens (tertiary/aromatic N) is 1. The summed E-state index contributed by atoms with van der Waals surface area (Å²) < 4.78 is 5.25. The third kappa shape index (κ3) is 2.24. The normalized spacial score (nSPS) is 12.7. The standard InChI is InChI=1S/C14H18N2O/c1-9-6-12(17-3)7-11-4-5-13(10(2)8-15)16-14(9)11/h4-7,10H,8,15H2,1-3H3. The quantitative estimate of drug-likeness (QED) is 0.881. The van der Waals surface area contributed by atoms with Crippen LogP contribution >= 0.6 is 0 Å². The zero-order valence-corrected chi connectivity index (χ0v) is 10.5. The SMILES string of the molecule is COc1cc(C)c2nc(C(C)CN)ccc2c1. The molecule has 0 bridgehead atoms. The third-order valence-electron chi connectivity index (χ3n) is 3.07. The van der Waals surface area contributed by atoms with Gasteiger partial charge < -0.3 is 10.5 Å². The van der Waals surface area contributed by atoms with Gasteiger partial charge in [-0.3, -0.25) is 4.98 Å². The number of fused-ring (bicyclic) bond motifs is 1. The lowest BCUT2D eigenvalue weighted by atomic mass is 10.0. The lowest BCUT2D eigenvalue weighted by Crippen LogP contribution is -2.10. The highest BCUT2D eigenvalue weighted by Crippen LogP contribution is 2.25. The van der Waals surface area contributed by atoms with E-state index in [0.717, 1.165) is 27.9 Å². The molecule has 1 atom stereocenters. The highest BCUT2D eigenvalue weighted by molar-refractivity contribution is 5.83. The van der Waals surface area contributed by atoms with Crippen molar-refractivity contribution in [1.29, 1.82) is 0 Å². The summed E-state index contributed by atoms with van der Waals surface area (Å²) in [5, 5.41) is 1.11. The van der Waals surface area contributed by atoms with Gasteiger partial charge in [0.1, 0.15) is 5.75 Å². The second kappa shape index (κ2) is 4.72. The van der Waals surface area contributed by atoms with Crippen LogP contribution in [0.3, 0.4) is 0 Å². The van der Waals surface area contributed by atoms with Crippen LogP contribution in [-0.4, -0.2) is 18.6 Å². The van der Waals surface area contributed by atoms with E-state index >= 15 is 0 Å². The minimum atomic E-state index is 0.293. The van der Waals surface area contributed by atoms with Crippen molar-refractivity contribution in [3.8, 4) is 5.75 Å². The molecular weight excluding hydrogens is 212 g/mol. The molecule has 0 aliphatic rings. The van der Waals surface area contributed by atoms with Crippen molar-refractivity contribution >= 4 is 10.9 Å². The van der Waals surface area contributed by atoms with Crippen LogP contribution in [0.25, 0.3) is 10.9 Å². The Labute approximate surface area is 102 Å². The van der Waals surface area contributed by atoms with Gasteiger partial charge in [-0.05, 0) is 30.7 Å². The Bertz CT molecular complexity index is 537. The van der Waals surface area contributed by atoms with Crippen LogP contribution in [0.2, 0.25) is 0 Å². The molecule has 0 radical (unpaired) electrons. The van der Waals surface area contributed by atoms with Gasteiger partial charge in [0.2, 0.25) is 0 Å². The number of hydrogen-bond acceptors (Lipinski definition) is 3. The fraction of sp³-hybridized carbons (Fsp3) is 0.357. The minimum Gasteiger partial charge on any atom is -0.497 e. The fourth-order valence-electron chi connectivity index (χ4n) is 1.91. The molecule has 0 fully saturated rings. The van der Waals surface area contributed by atoms with E-state index in [4.69, 9.17) is 10.5 Å². The first-order valence-electron chi connectivity index (χ1n) is 5.81. The van der Waals surface area contributed by atoms with Gasteiger partial charge >= 0.3 is 0 Å². The third-order valence-corrected chi connectivity index (χ3v) is 3.07. The zero-order valence-electron chi connectivity index (χ0n) is 10.5. The Balaban J connectivity index is 2.58. The minimum absolute atomic E-state index is 0.293. The van der Waals surface area contributed by atoms with Gasteiger partial charge in [-0.1, -0.05) is 13.0 Å². The molecule has 2 rings (SSSR count). The van der Waals surface area contributed by atoms with E-state index in [1.165, 1.54) is 0 Å². The summed E-state index contributed by atoms with van der Waals surface area (Å²) in [6.07, 6.45) is 0. The van der Waals surface area contributed by atoms with Crippen LogP contribution in [0, 0.1) is 6.92 Å². The van der Waals surface area contributed by atoms with E-state index in [-0.39, 0.29) is 0 Å². The number of nitrogens with two attached hydrogens (primary N) is 1. The largest absolute Gasteiger partial charge is 0.497 e. The summed E-state index contributed by atoms with van der Waals surface area (Å²) in [6.45, 7) is 4.76. The summed E-state index contributed by atoms with van der Waals surface area (Å²) >= 11 is 0. The Morgan fingerprint density at radius 1 is 1.35 bits per heavy atom. The Morgan fingerprint density at radius 2 is 2.12 bits per heavy atom. The first kappa shape index (κ1) is 11.9. The molecule has 0 spiro atoms. The number of benzene rings is 1. The predicted molar refractivity (Wildman–Crippen MR) is 70.5 cm³/mol. The zero-order chi connectivity index (χ0) is 12.4. The van der Waals surface area contributed by atoms with Crippen molar-refractivity contribution in [3.05, 3.63) is 35.5 Å². The topological polar surface area (TPSA) is 48.1 Å². The van der Waals surface area contributed by atoms with E-state index in [1.54, 1.807) is 7.11 Å². The Hall–Kier alpha value is -1.61. The maximum atomic E-state index is 5.67. The molecule has 2 aromatic rings. The molecule has 1 aromatic carbocycles. The Kier molecular flexibility index (Phi) is 3.29. The summed E-state index contributed by atoms with van der Waals surface area (Å²) in [7, 11) is 1.68. The molecule has 0 aliphatic carbocycles. The summed E-state index contributed by atoms with van der Waals surface area (Å²) in [4.78, 5) is 4.69. The van der Waals surface area contributed by atoms with Crippen LogP contribution < -0.4 is 10.5 Å². The van der Waals surface area contributed by atoms with Gasteiger partial charge in [0.25, 0.3) is 0 Å². The summed E-state index contributed by atoms with van der Waals surface area (Å²) in [6, 6.07) is 8.14. The number of aromatic nitrogens is 1. The molecule has 1 heterocycles. The Morgan fingerprint density at radius 3 is 2.76 bits per heavy atom. The molecular formula is C14H18N2O. The maximum absolute atomic E-state index is 5.67. The van der Waals surface area contributed by atoms with Crippen LogP contribution in [0.15, 0.2) is 24.3 Å². The van der Waals surface area contributed by atoms with Crippen LogP contribution in [0.1, 0.15) is 24.1 Å². The number of rotatable bonds is 3. The van der Waals surface area contributed by atoms with E-state index < -0.39 is 0 Å². The first-order valence-corrected chi connectivity index (χ1v) is 5.81. The fourth-order valence-corrected chi connectivity index (χ4v) is 1.91. The summed E-state index contributed by atoms with van der Waals surface area (Å²) in [5.74, 6) is 1.16. The monoisotopic (exact) mass is 230 g/mol. The lowest BCUT2D eigenvalue weighted by molar-refractivity contribution is 0.415. The van der Waals surface area contributed by atoms with E-state index in [9.17, 15) is 0 Å². The average molecular weight is 230 g/mol. The molecule has 2 N–H and O–H groups in total. The molecule has 0 saturated carbocycles. The second-order valence-electron chi connectivity index (χ2n) is 4.39. The van der Waals surface area contributed by atoms with Crippen LogP contribution in [0.5, 0.6) is 5.75 Å². The summed E-state index contributed by atoms with van der Waals surface area (Å²) in [5.41, 5.74) is 8.88. The van der Waals surface area contributed by atoms with Gasteiger partial charge in [-0.2, -0.15) is 0 Å². The maximum Gasteiger partial charge on any atom is 0.119 e. The second-order valence-corrected chi connectivity index (χ2v) is 4.39. The smallest absolute Gasteiger partial charge is 0.119 e. The van der Waals surface area contributed by atoms with Crippen LogP contribution in [-0.2, 0) is 0 Å². The lowest BCUT2D eigenvalue weighted by Gasteiger charge is -2.11. The van der Waals surface area contributed by atoms with Gasteiger partial charge in [0.15, 0.2) is 0 Å². The molecule has 3 nitrogen and oxygen atoms in total. The van der Waals surface area contributed by atoms with Crippen molar-refractivity contribution in [2.24, 2.45) is 5.73 Å². The molecule has 1 unspecified atom stereocenters. The number of hydrogen-bond donors (Lipinski definition) is 1. The average Bonchev–Trinajstić information content (AvgIpc) is 2.37. The molecule has 0 aliphatic heterocycles. The number of aryl methyl sites for hydroxylation is 1. The van der Waals surface area contributed by atoms with Gasteiger partial charge in [-0.25, -0.2) is 0 Å². The predicted octanol–water partition coefficient (Wildman–Crippen LogP) is 2.61. The molecule has 0 saturated heterocycles. The molecule has 90 valence electrons. The van der Waals surface area contributed by atoms with Crippen molar-refractivity contribution < 1.29 is 4.74 Å². The van der Waals surface area contributed by atoms with Crippen molar-refractivity contribution in [3.63, 3.8) is 0 Å². The van der Waals surface area contributed by atoms with Crippen molar-refractivity contribution in [1.82, 2.24) is 4.98 Å². The van der Waals surface area contributed by atoms with Gasteiger partial charge in [0, 0.05) is 23.5 Å². The first-order chi connectivity index (χ1) is 8.15. The van der Waals surface area contributed by atoms with Gasteiger partial charge in [-0.15, -0.1) is 0 Å². The van der Waals surface area contributed by atoms with E-state index in [0.29, 0.717) is 12.5 Å². The highest BCUT2D eigenvalue weighted by atomic mass is 16.5.